The first kappa shape index (κ1) is 38.5. The molecule has 0 aromatic heterocycles. The van der Waals surface area contributed by atoms with Crippen molar-refractivity contribution in [3.8, 4) is 0 Å². The quantitative estimate of drug-likeness (QED) is 0.120. The summed E-state index contributed by atoms with van der Waals surface area (Å²) in [4.78, 5) is 28.9. The molecule has 0 aliphatic carbocycles. The molecule has 49 heavy (non-hydrogen) atoms. The Morgan fingerprint density at radius 2 is 1.59 bits per heavy atom. The van der Waals surface area contributed by atoms with Crippen molar-refractivity contribution in [2.45, 2.75) is 95.9 Å². The number of nitrogens with one attached hydrogen (secondary N) is 2. The number of aliphatic hydroxyl groups excluding tert-OH is 1. The molecule has 0 spiro atoms. The van der Waals surface area contributed by atoms with Crippen LogP contribution in [0.1, 0.15) is 108 Å². The van der Waals surface area contributed by atoms with Gasteiger partial charge in [0.1, 0.15) is 11.6 Å². The maximum absolute atomic E-state index is 14.2. The molecular formula is C38H51F2N3O5S. The summed E-state index contributed by atoms with van der Waals surface area (Å²) in [5.41, 5.74) is 4.37. The van der Waals surface area contributed by atoms with Crippen LogP contribution < -0.4 is 10.6 Å². The molecule has 4 atom stereocenters. The van der Waals surface area contributed by atoms with E-state index >= 15 is 0 Å². The zero-order valence-electron chi connectivity index (χ0n) is 29.3. The normalized spacial score (nSPS) is 18.8. The number of aryl methyl sites for hydroxylation is 1. The van der Waals surface area contributed by atoms with E-state index in [9.17, 15) is 32.6 Å². The summed E-state index contributed by atoms with van der Waals surface area (Å²) in [5.74, 6) is -1.90. The van der Waals surface area contributed by atoms with Crippen LogP contribution in [-0.4, -0.2) is 68.0 Å². The van der Waals surface area contributed by atoms with Crippen molar-refractivity contribution in [3.63, 3.8) is 0 Å². The first-order valence-electron chi connectivity index (χ1n) is 17.1. The molecule has 0 saturated carbocycles. The lowest BCUT2D eigenvalue weighted by Gasteiger charge is -2.47. The smallest absolute Gasteiger partial charge is 0.253 e. The molecule has 1 aliphatic heterocycles. The number of benzene rings is 3. The molecule has 0 bridgehead atoms. The van der Waals surface area contributed by atoms with Crippen LogP contribution in [0, 0.1) is 18.6 Å². The Bertz CT molecular complexity index is 1610. The zero-order chi connectivity index (χ0) is 36.0. The lowest BCUT2D eigenvalue weighted by Crippen LogP contribution is -2.50. The van der Waals surface area contributed by atoms with E-state index in [-0.39, 0.29) is 41.7 Å². The van der Waals surface area contributed by atoms with E-state index in [1.54, 1.807) is 30.9 Å². The SMILES string of the molecule is CCCN(CCC)C(=O)c1cc(C)cc(C(=O)N[C@@H](Cc2cc(F)cc(F)c2)[C@H](O)CN[C@H]2c3cc(C(C)C)ccc3CS(O)(O)[C@@H]2C)c1. The van der Waals surface area contributed by atoms with Crippen molar-refractivity contribution in [2.24, 2.45) is 0 Å². The molecule has 0 saturated heterocycles. The van der Waals surface area contributed by atoms with E-state index < -0.39 is 51.6 Å². The van der Waals surface area contributed by atoms with Gasteiger partial charge >= 0.3 is 0 Å². The molecule has 11 heteroatoms. The molecule has 3 aromatic rings. The number of hydrogen-bond acceptors (Lipinski definition) is 6. The molecular weight excluding hydrogens is 648 g/mol. The van der Waals surface area contributed by atoms with E-state index in [1.165, 1.54) is 6.07 Å². The number of nitrogens with zero attached hydrogens (tertiary/aromatic N) is 1. The number of rotatable bonds is 14. The molecule has 0 radical (unpaired) electrons. The minimum atomic E-state index is -3.00. The largest absolute Gasteiger partial charge is 0.390 e. The number of amides is 2. The molecule has 5 N–H and O–H groups in total. The van der Waals surface area contributed by atoms with Gasteiger partial charge in [-0.25, -0.2) is 8.78 Å². The average molecular weight is 700 g/mol. The lowest BCUT2D eigenvalue weighted by atomic mass is 9.92. The number of hydrogen-bond donors (Lipinski definition) is 5. The van der Waals surface area contributed by atoms with Gasteiger partial charge in [0.05, 0.1) is 29.2 Å². The number of carbonyl (C=O) groups excluding carboxylic acids is 2. The van der Waals surface area contributed by atoms with Gasteiger partial charge in [-0.3, -0.25) is 18.7 Å². The van der Waals surface area contributed by atoms with Crippen molar-refractivity contribution < 1.29 is 32.6 Å². The Morgan fingerprint density at radius 3 is 2.20 bits per heavy atom. The van der Waals surface area contributed by atoms with Crippen LogP contribution >= 0.6 is 10.6 Å². The van der Waals surface area contributed by atoms with Gasteiger partial charge in [0.15, 0.2) is 0 Å². The minimum absolute atomic E-state index is 0.0703. The molecule has 4 rings (SSSR count). The predicted molar refractivity (Wildman–Crippen MR) is 192 cm³/mol. The Kier molecular flexibility index (Phi) is 13.0. The fraction of sp³-hybridized carbons (Fsp3) is 0.474. The van der Waals surface area contributed by atoms with Crippen LogP contribution in [-0.2, 0) is 12.2 Å². The lowest BCUT2D eigenvalue weighted by molar-refractivity contribution is 0.0755. The molecule has 0 unspecified atom stereocenters. The van der Waals surface area contributed by atoms with Gasteiger partial charge in [0.2, 0.25) is 0 Å². The molecule has 1 heterocycles. The Morgan fingerprint density at radius 1 is 0.959 bits per heavy atom. The molecule has 1 aliphatic rings. The minimum Gasteiger partial charge on any atom is -0.390 e. The predicted octanol–water partition coefficient (Wildman–Crippen LogP) is 7.34. The third-order valence-electron chi connectivity index (χ3n) is 9.17. The Balaban J connectivity index is 1.62. The van der Waals surface area contributed by atoms with E-state index in [1.807, 2.05) is 26.0 Å². The number of halogens is 2. The second-order valence-electron chi connectivity index (χ2n) is 13.6. The second-order valence-corrected chi connectivity index (χ2v) is 16.0. The van der Waals surface area contributed by atoms with Crippen LogP contribution in [0.3, 0.4) is 0 Å². The van der Waals surface area contributed by atoms with Gasteiger partial charge in [0.25, 0.3) is 11.8 Å². The van der Waals surface area contributed by atoms with E-state index in [2.05, 4.69) is 30.5 Å². The summed E-state index contributed by atoms with van der Waals surface area (Å²) in [6.07, 6.45) is 0.244. The maximum Gasteiger partial charge on any atom is 0.253 e. The zero-order valence-corrected chi connectivity index (χ0v) is 30.1. The van der Waals surface area contributed by atoms with Crippen molar-refractivity contribution in [2.75, 3.05) is 19.6 Å². The van der Waals surface area contributed by atoms with Gasteiger partial charge in [-0.2, -0.15) is 10.6 Å². The van der Waals surface area contributed by atoms with Crippen LogP contribution in [0.4, 0.5) is 8.78 Å². The van der Waals surface area contributed by atoms with Gasteiger partial charge < -0.3 is 20.6 Å². The van der Waals surface area contributed by atoms with E-state index in [0.717, 1.165) is 47.7 Å². The first-order valence-corrected chi connectivity index (χ1v) is 18.9. The molecule has 268 valence electrons. The highest BCUT2D eigenvalue weighted by atomic mass is 32.3. The molecule has 3 aromatic carbocycles. The number of fused-ring (bicyclic) bond motifs is 1. The molecule has 8 nitrogen and oxygen atoms in total. The summed E-state index contributed by atoms with van der Waals surface area (Å²) < 4.78 is 50.3. The molecule has 0 fully saturated rings. The van der Waals surface area contributed by atoms with Crippen molar-refractivity contribution in [1.29, 1.82) is 0 Å². The topological polar surface area (TPSA) is 122 Å². The highest BCUT2D eigenvalue weighted by Crippen LogP contribution is 2.56. The van der Waals surface area contributed by atoms with E-state index in [0.29, 0.717) is 24.2 Å². The van der Waals surface area contributed by atoms with Gasteiger partial charge in [-0.1, -0.05) is 45.9 Å². The molecule has 2 amide bonds. The van der Waals surface area contributed by atoms with Crippen LogP contribution in [0.5, 0.6) is 0 Å². The first-order chi connectivity index (χ1) is 23.1. The van der Waals surface area contributed by atoms with Gasteiger partial charge in [-0.05, 0) is 97.2 Å². The Hall–Kier alpha value is -3.35. The second kappa shape index (κ2) is 16.6. The number of aliphatic hydroxyl groups is 1. The number of carbonyl (C=O) groups is 2. The highest BCUT2D eigenvalue weighted by Gasteiger charge is 2.38. The fourth-order valence-electron chi connectivity index (χ4n) is 6.48. The van der Waals surface area contributed by atoms with Crippen molar-refractivity contribution >= 4 is 22.4 Å². The third kappa shape index (κ3) is 9.67. The van der Waals surface area contributed by atoms with Crippen molar-refractivity contribution in [3.05, 3.63) is 105 Å². The van der Waals surface area contributed by atoms with Gasteiger partial charge in [-0.15, -0.1) is 0 Å². The van der Waals surface area contributed by atoms with Crippen molar-refractivity contribution in [1.82, 2.24) is 15.5 Å². The summed E-state index contributed by atoms with van der Waals surface area (Å²) in [5, 5.41) is 17.2. The third-order valence-corrected chi connectivity index (χ3v) is 11.4. The van der Waals surface area contributed by atoms with Crippen LogP contribution in [0.2, 0.25) is 0 Å². The maximum atomic E-state index is 14.2. The summed E-state index contributed by atoms with van der Waals surface area (Å²) in [6, 6.07) is 12.4. The average Bonchev–Trinajstić information content (AvgIpc) is 3.03. The summed E-state index contributed by atoms with van der Waals surface area (Å²) in [7, 11) is -3.00. The Labute approximate surface area is 290 Å². The highest BCUT2D eigenvalue weighted by molar-refractivity contribution is 8.24. The van der Waals surface area contributed by atoms with Crippen LogP contribution in [0.25, 0.3) is 0 Å². The summed E-state index contributed by atoms with van der Waals surface area (Å²) in [6.45, 7) is 12.8. The standard InChI is InChI=1S/C38H51F2N3O5S/c1-7-11-43(12-8-2)38(46)30-14-24(5)13-29(18-30)37(45)42-34(17-26-15-31(39)20-32(40)16-26)35(44)21-41-36-25(6)49(47,48)22-28-10-9-27(23(3)4)19-33(28)36/h9-10,13-16,18-20,23,25,34-36,41,44,47-48H,7-8,11-12,17,21-22H2,1-6H3,(H,42,45)/t25-,34+,35-,36-/m1/s1. The fourth-order valence-corrected chi connectivity index (χ4v) is 8.15. The summed E-state index contributed by atoms with van der Waals surface area (Å²) >= 11 is 0. The van der Waals surface area contributed by atoms with E-state index in [4.69, 9.17) is 0 Å². The monoisotopic (exact) mass is 699 g/mol. The van der Waals surface area contributed by atoms with Crippen LogP contribution in [0.15, 0.2) is 54.6 Å². The van der Waals surface area contributed by atoms with Gasteiger partial charge in [0, 0.05) is 36.8 Å².